The minimum atomic E-state index is -0.559. The molecule has 4 atom stereocenters. The van der Waals surface area contributed by atoms with E-state index >= 15 is 0 Å². The van der Waals surface area contributed by atoms with Crippen molar-refractivity contribution in [1.29, 1.82) is 0 Å². The third-order valence-corrected chi connectivity index (χ3v) is 6.06. The molecule has 3 fully saturated rings. The van der Waals surface area contributed by atoms with Crippen molar-refractivity contribution in [3.8, 4) is 11.5 Å². The maximum absolute atomic E-state index is 13.0. The molecule has 8 nitrogen and oxygen atoms in total. The molecule has 0 aromatic heterocycles. The highest BCUT2D eigenvalue weighted by Gasteiger charge is 2.62. The summed E-state index contributed by atoms with van der Waals surface area (Å²) in [5.74, 6) is -0.980. The minimum Gasteiger partial charge on any atom is -0.457 e. The lowest BCUT2D eigenvalue weighted by Crippen LogP contribution is -2.34. The second kappa shape index (κ2) is 6.63. The second-order valence-corrected chi connectivity index (χ2v) is 8.22. The van der Waals surface area contributed by atoms with Gasteiger partial charge in [-0.25, -0.2) is 4.90 Å². The van der Waals surface area contributed by atoms with Gasteiger partial charge >= 0.3 is 0 Å². The normalized spacial score (nSPS) is 26.9. The van der Waals surface area contributed by atoms with Crippen LogP contribution < -0.4 is 9.64 Å². The fourth-order valence-corrected chi connectivity index (χ4v) is 4.96. The van der Waals surface area contributed by atoms with E-state index in [-0.39, 0.29) is 41.1 Å². The smallest absolute Gasteiger partial charge is 0.275 e. The van der Waals surface area contributed by atoms with E-state index in [2.05, 4.69) is 0 Å². The number of carbonyl (C=O) groups is 2. The first-order valence-corrected chi connectivity index (χ1v) is 9.91. The molecule has 2 amide bonds. The van der Waals surface area contributed by atoms with Gasteiger partial charge in [0.15, 0.2) is 0 Å². The van der Waals surface area contributed by atoms with E-state index in [0.29, 0.717) is 5.75 Å². The molecule has 3 heterocycles. The molecule has 2 aromatic rings. The van der Waals surface area contributed by atoms with Crippen LogP contribution in [0.15, 0.2) is 36.4 Å². The number of non-ortho nitro benzene ring substituents is 1. The summed E-state index contributed by atoms with van der Waals surface area (Å²) in [7, 11) is 0. The number of hydrogen-bond acceptors (Lipinski definition) is 6. The summed E-state index contributed by atoms with van der Waals surface area (Å²) >= 11 is 0. The number of hydrogen-bond donors (Lipinski definition) is 0. The Hall–Kier alpha value is -3.26. The number of nitrogens with zero attached hydrogens (tertiary/aromatic N) is 2. The van der Waals surface area contributed by atoms with Crippen LogP contribution in [-0.4, -0.2) is 28.9 Å². The molecular formula is C22H20N2O6. The number of aryl methyl sites for hydroxylation is 2. The highest BCUT2D eigenvalue weighted by Crippen LogP contribution is 2.50. The van der Waals surface area contributed by atoms with Crippen molar-refractivity contribution in [3.63, 3.8) is 0 Å². The van der Waals surface area contributed by atoms with Crippen LogP contribution >= 0.6 is 0 Å². The number of carbonyl (C=O) groups excluding carboxylic acids is 2. The van der Waals surface area contributed by atoms with E-state index in [1.807, 2.05) is 32.0 Å². The molecule has 3 saturated heterocycles. The molecule has 2 bridgehead atoms. The lowest BCUT2D eigenvalue weighted by molar-refractivity contribution is -0.384. The summed E-state index contributed by atoms with van der Waals surface area (Å²) in [6.07, 6.45) is 1.03. The van der Waals surface area contributed by atoms with Gasteiger partial charge < -0.3 is 9.47 Å². The minimum absolute atomic E-state index is 0.160. The molecule has 0 radical (unpaired) electrons. The molecule has 5 rings (SSSR count). The zero-order valence-electron chi connectivity index (χ0n) is 16.5. The van der Waals surface area contributed by atoms with Crippen molar-refractivity contribution in [3.05, 3.63) is 57.6 Å². The molecule has 154 valence electrons. The van der Waals surface area contributed by atoms with Gasteiger partial charge in [0.05, 0.1) is 40.7 Å². The summed E-state index contributed by atoms with van der Waals surface area (Å²) in [5, 5.41) is 11.5. The molecule has 0 saturated carbocycles. The zero-order chi connectivity index (χ0) is 21.2. The Bertz CT molecular complexity index is 1050. The van der Waals surface area contributed by atoms with Crippen LogP contribution in [0, 0.1) is 35.8 Å². The quantitative estimate of drug-likeness (QED) is 0.435. The second-order valence-electron chi connectivity index (χ2n) is 8.22. The molecule has 30 heavy (non-hydrogen) atoms. The van der Waals surface area contributed by atoms with Crippen molar-refractivity contribution < 1.29 is 24.0 Å². The highest BCUT2D eigenvalue weighted by molar-refractivity contribution is 6.23. The predicted molar refractivity (Wildman–Crippen MR) is 106 cm³/mol. The first-order valence-electron chi connectivity index (χ1n) is 9.91. The first kappa shape index (κ1) is 18.7. The Labute approximate surface area is 172 Å². The third-order valence-electron chi connectivity index (χ3n) is 6.06. The van der Waals surface area contributed by atoms with Crippen LogP contribution in [0.5, 0.6) is 11.5 Å². The van der Waals surface area contributed by atoms with E-state index in [1.54, 1.807) is 0 Å². The van der Waals surface area contributed by atoms with Gasteiger partial charge in [0.25, 0.3) is 5.69 Å². The molecule has 0 aliphatic carbocycles. The van der Waals surface area contributed by atoms with Crippen LogP contribution in [0.1, 0.15) is 24.0 Å². The first-order chi connectivity index (χ1) is 14.3. The largest absolute Gasteiger partial charge is 0.457 e. The van der Waals surface area contributed by atoms with Gasteiger partial charge in [0, 0.05) is 12.1 Å². The van der Waals surface area contributed by atoms with Gasteiger partial charge in [-0.15, -0.1) is 0 Å². The lowest BCUT2D eigenvalue weighted by atomic mass is 9.81. The Morgan fingerprint density at radius 2 is 1.50 bits per heavy atom. The average Bonchev–Trinajstić information content (AvgIpc) is 3.34. The Kier molecular flexibility index (Phi) is 4.14. The molecule has 4 unspecified atom stereocenters. The van der Waals surface area contributed by atoms with E-state index in [0.717, 1.165) is 28.9 Å². The maximum atomic E-state index is 13.0. The Morgan fingerprint density at radius 1 is 0.933 bits per heavy atom. The van der Waals surface area contributed by atoms with Crippen LogP contribution in [-0.2, 0) is 14.3 Å². The number of nitro benzene ring substituents is 1. The van der Waals surface area contributed by atoms with E-state index < -0.39 is 16.8 Å². The third kappa shape index (κ3) is 2.87. The molecular weight excluding hydrogens is 388 g/mol. The Morgan fingerprint density at radius 3 is 2.07 bits per heavy atom. The zero-order valence-corrected chi connectivity index (χ0v) is 16.5. The van der Waals surface area contributed by atoms with Gasteiger partial charge in [-0.1, -0.05) is 6.07 Å². The van der Waals surface area contributed by atoms with Crippen LogP contribution in [0.2, 0.25) is 0 Å². The number of rotatable bonds is 4. The molecule has 3 aliphatic rings. The average molecular weight is 408 g/mol. The Balaban J connectivity index is 1.53. The standard InChI is InChI=1S/C22H20N2O6/c1-11-5-12(2)7-15(6-11)29-16-9-13(8-14(10-16)24(27)28)23-21(25)19-17-3-4-18(30-17)20(19)22(23)26/h5-10,17-20H,3-4H2,1-2H3. The van der Waals surface area contributed by atoms with Gasteiger partial charge in [-0.2, -0.15) is 0 Å². The number of fused-ring (bicyclic) bond motifs is 5. The van der Waals surface area contributed by atoms with E-state index in [1.165, 1.54) is 18.2 Å². The van der Waals surface area contributed by atoms with Crippen molar-refractivity contribution in [2.24, 2.45) is 11.8 Å². The lowest BCUT2D eigenvalue weighted by Gasteiger charge is -2.18. The molecule has 3 aliphatic heterocycles. The SMILES string of the molecule is Cc1cc(C)cc(Oc2cc(N3C(=O)C4C5CCC(O5)C4C3=O)cc([N+](=O)[O-])c2)c1. The van der Waals surface area contributed by atoms with Gasteiger partial charge in [-0.05, 0) is 49.9 Å². The summed E-state index contributed by atoms with van der Waals surface area (Å²) in [6, 6.07) is 9.66. The van der Waals surface area contributed by atoms with Crippen LogP contribution in [0.25, 0.3) is 0 Å². The molecule has 8 heteroatoms. The van der Waals surface area contributed by atoms with Crippen molar-refractivity contribution >= 4 is 23.2 Å². The number of anilines is 1. The molecule has 0 spiro atoms. The monoisotopic (exact) mass is 408 g/mol. The topological polar surface area (TPSA) is 99.0 Å². The number of nitro groups is 1. The number of imide groups is 1. The van der Waals surface area contributed by atoms with Crippen LogP contribution in [0.3, 0.4) is 0 Å². The van der Waals surface area contributed by atoms with E-state index in [9.17, 15) is 19.7 Å². The maximum Gasteiger partial charge on any atom is 0.275 e. The van der Waals surface area contributed by atoms with Gasteiger partial charge in [-0.3, -0.25) is 19.7 Å². The number of ether oxygens (including phenoxy) is 2. The van der Waals surface area contributed by atoms with Crippen molar-refractivity contribution in [2.45, 2.75) is 38.9 Å². The van der Waals surface area contributed by atoms with E-state index in [4.69, 9.17) is 9.47 Å². The van der Waals surface area contributed by atoms with Crippen molar-refractivity contribution in [1.82, 2.24) is 0 Å². The number of benzene rings is 2. The fourth-order valence-electron chi connectivity index (χ4n) is 4.96. The van der Waals surface area contributed by atoms with Gasteiger partial charge in [0.1, 0.15) is 11.5 Å². The fraction of sp³-hybridized carbons (Fsp3) is 0.364. The number of amides is 2. The molecule has 0 N–H and O–H groups in total. The highest BCUT2D eigenvalue weighted by atomic mass is 16.6. The van der Waals surface area contributed by atoms with Crippen molar-refractivity contribution in [2.75, 3.05) is 4.90 Å². The summed E-state index contributed by atoms with van der Waals surface area (Å²) < 4.78 is 11.6. The van der Waals surface area contributed by atoms with Crippen LogP contribution in [0.4, 0.5) is 11.4 Å². The summed E-state index contributed by atoms with van der Waals surface area (Å²) in [5.41, 5.74) is 1.89. The molecule has 2 aromatic carbocycles. The summed E-state index contributed by atoms with van der Waals surface area (Å²) in [6.45, 7) is 3.85. The van der Waals surface area contributed by atoms with Gasteiger partial charge in [0.2, 0.25) is 11.8 Å². The summed E-state index contributed by atoms with van der Waals surface area (Å²) in [4.78, 5) is 38.1. The predicted octanol–water partition coefficient (Wildman–Crippen LogP) is 3.67.